The number of hydrogen-bond acceptors (Lipinski definition) is 4. The lowest BCUT2D eigenvalue weighted by molar-refractivity contribution is -0.122. The number of amides is 1. The molecule has 5 nitrogen and oxygen atoms in total. The summed E-state index contributed by atoms with van der Waals surface area (Å²) in [5, 5.41) is 6.47. The van der Waals surface area contributed by atoms with Crippen molar-refractivity contribution in [2.45, 2.75) is 52.2 Å². The van der Waals surface area contributed by atoms with Crippen molar-refractivity contribution in [3.05, 3.63) is 29.3 Å². The highest BCUT2D eigenvalue weighted by Gasteiger charge is 2.22. The molecule has 0 aromatic heterocycles. The summed E-state index contributed by atoms with van der Waals surface area (Å²) >= 11 is 0. The zero-order valence-electron chi connectivity index (χ0n) is 16.5. The second-order valence-corrected chi connectivity index (χ2v) is 7.76. The maximum absolute atomic E-state index is 12.4. The van der Waals surface area contributed by atoms with Crippen LogP contribution in [0, 0.1) is 18.8 Å². The van der Waals surface area contributed by atoms with Gasteiger partial charge in [0, 0.05) is 24.9 Å². The molecule has 6 heteroatoms. The lowest BCUT2D eigenvalue weighted by Crippen LogP contribution is -2.33. The lowest BCUT2D eigenvalue weighted by atomic mass is 9.84. The van der Waals surface area contributed by atoms with E-state index in [1.807, 2.05) is 0 Å². The van der Waals surface area contributed by atoms with Gasteiger partial charge in [0.1, 0.15) is 11.9 Å². The van der Waals surface area contributed by atoms with Crippen LogP contribution >= 0.6 is 12.4 Å². The van der Waals surface area contributed by atoms with Gasteiger partial charge in [-0.25, -0.2) is 0 Å². The van der Waals surface area contributed by atoms with Crippen LogP contribution in [0.2, 0.25) is 0 Å². The van der Waals surface area contributed by atoms with E-state index in [2.05, 4.69) is 42.7 Å². The smallest absolute Gasteiger partial charge is 0.220 e. The van der Waals surface area contributed by atoms with Gasteiger partial charge in [-0.15, -0.1) is 12.4 Å². The molecule has 3 rings (SSSR count). The van der Waals surface area contributed by atoms with E-state index < -0.39 is 0 Å². The van der Waals surface area contributed by atoms with Gasteiger partial charge in [-0.1, -0.05) is 19.1 Å². The van der Waals surface area contributed by atoms with Crippen LogP contribution in [0.25, 0.3) is 0 Å². The number of nitrogens with one attached hydrogen (secondary N) is 2. The SMILES string of the molecule is Cc1ccc(CNC(=O)CC(C)C2CCNCC2)c(OC2CCOC2)c1.Cl. The number of hydrogen-bond donors (Lipinski definition) is 2. The van der Waals surface area contributed by atoms with Crippen LogP contribution in [-0.2, 0) is 16.1 Å². The van der Waals surface area contributed by atoms with Gasteiger partial charge in [-0.3, -0.25) is 4.79 Å². The Bertz CT molecular complexity index is 599. The Labute approximate surface area is 169 Å². The molecule has 2 saturated heterocycles. The van der Waals surface area contributed by atoms with Crippen molar-refractivity contribution in [3.8, 4) is 5.75 Å². The van der Waals surface area contributed by atoms with E-state index in [-0.39, 0.29) is 24.4 Å². The zero-order valence-corrected chi connectivity index (χ0v) is 17.3. The standard InChI is InChI=1S/C21H32N2O3.ClH/c1-15-3-4-18(20(11-15)26-19-7-10-25-14-19)13-23-21(24)12-16(2)17-5-8-22-9-6-17;/h3-4,11,16-17,19,22H,5-10,12-14H2,1-2H3,(H,23,24);1H. The molecule has 1 amide bonds. The van der Waals surface area contributed by atoms with Crippen LogP contribution < -0.4 is 15.4 Å². The lowest BCUT2D eigenvalue weighted by Gasteiger charge is -2.28. The molecule has 2 atom stereocenters. The molecule has 0 saturated carbocycles. The highest BCUT2D eigenvalue weighted by atomic mass is 35.5. The van der Waals surface area contributed by atoms with E-state index in [0.717, 1.165) is 43.0 Å². The van der Waals surface area contributed by atoms with Crippen molar-refractivity contribution < 1.29 is 14.3 Å². The highest BCUT2D eigenvalue weighted by molar-refractivity contribution is 5.85. The van der Waals surface area contributed by atoms with Crippen molar-refractivity contribution in [2.24, 2.45) is 11.8 Å². The third kappa shape index (κ3) is 6.66. The predicted octanol–water partition coefficient (Wildman–Crippen LogP) is 3.23. The van der Waals surface area contributed by atoms with E-state index in [1.165, 1.54) is 12.8 Å². The average Bonchev–Trinajstić information content (AvgIpc) is 3.15. The third-order valence-electron chi connectivity index (χ3n) is 5.58. The predicted molar refractivity (Wildman–Crippen MR) is 110 cm³/mol. The van der Waals surface area contributed by atoms with Gasteiger partial charge in [-0.05, 0) is 56.3 Å². The number of piperidine rings is 1. The first-order valence-corrected chi connectivity index (χ1v) is 9.93. The number of aryl methyl sites for hydroxylation is 1. The number of halogens is 1. The number of carbonyl (C=O) groups excluding carboxylic acids is 1. The molecule has 1 aromatic carbocycles. The van der Waals surface area contributed by atoms with Crippen LogP contribution in [-0.4, -0.2) is 38.3 Å². The minimum absolute atomic E-state index is 0. The van der Waals surface area contributed by atoms with E-state index in [1.54, 1.807) is 0 Å². The minimum atomic E-state index is 0. The summed E-state index contributed by atoms with van der Waals surface area (Å²) in [5.74, 6) is 2.09. The Morgan fingerprint density at radius 3 is 2.81 bits per heavy atom. The van der Waals surface area contributed by atoms with E-state index in [0.29, 0.717) is 31.4 Å². The molecular weight excluding hydrogens is 364 g/mol. The molecule has 2 N–H and O–H groups in total. The maximum Gasteiger partial charge on any atom is 0.220 e. The number of rotatable bonds is 7. The van der Waals surface area contributed by atoms with Crippen molar-refractivity contribution in [1.29, 1.82) is 0 Å². The molecule has 0 aliphatic carbocycles. The van der Waals surface area contributed by atoms with Gasteiger partial charge >= 0.3 is 0 Å². The van der Waals surface area contributed by atoms with E-state index >= 15 is 0 Å². The van der Waals surface area contributed by atoms with Crippen LogP contribution in [0.1, 0.15) is 43.7 Å². The Kier molecular flexibility index (Phi) is 8.87. The van der Waals surface area contributed by atoms with Crippen molar-refractivity contribution in [1.82, 2.24) is 10.6 Å². The molecule has 1 aromatic rings. The summed E-state index contributed by atoms with van der Waals surface area (Å²) in [6, 6.07) is 6.17. The van der Waals surface area contributed by atoms with E-state index in [4.69, 9.17) is 9.47 Å². The Hall–Kier alpha value is -1.30. The topological polar surface area (TPSA) is 59.6 Å². The van der Waals surface area contributed by atoms with Crippen molar-refractivity contribution in [2.75, 3.05) is 26.3 Å². The molecule has 2 heterocycles. The summed E-state index contributed by atoms with van der Waals surface area (Å²) in [5.41, 5.74) is 2.19. The summed E-state index contributed by atoms with van der Waals surface area (Å²) in [6.45, 7) is 8.33. The van der Waals surface area contributed by atoms with Gasteiger partial charge in [-0.2, -0.15) is 0 Å². The molecule has 152 valence electrons. The maximum atomic E-state index is 12.4. The van der Waals surface area contributed by atoms with Crippen LogP contribution in [0.5, 0.6) is 5.75 Å². The zero-order chi connectivity index (χ0) is 18.4. The molecule has 2 aliphatic heterocycles. The molecule has 2 aliphatic rings. The molecule has 2 unspecified atom stereocenters. The fraction of sp³-hybridized carbons (Fsp3) is 0.667. The molecule has 2 fully saturated rings. The molecule has 0 radical (unpaired) electrons. The summed E-state index contributed by atoms with van der Waals surface area (Å²) in [6.07, 6.45) is 3.99. The van der Waals surface area contributed by atoms with Gasteiger partial charge in [0.15, 0.2) is 0 Å². The van der Waals surface area contributed by atoms with E-state index in [9.17, 15) is 4.79 Å². The number of carbonyl (C=O) groups is 1. The molecule has 0 spiro atoms. The normalized spacial score (nSPS) is 21.3. The first kappa shape index (κ1) is 22.0. The van der Waals surface area contributed by atoms with Gasteiger partial charge in [0.05, 0.1) is 13.2 Å². The van der Waals surface area contributed by atoms with Crippen molar-refractivity contribution in [3.63, 3.8) is 0 Å². The largest absolute Gasteiger partial charge is 0.488 e. The highest BCUT2D eigenvalue weighted by Crippen LogP contribution is 2.25. The van der Waals surface area contributed by atoms with Gasteiger partial charge in [0.25, 0.3) is 0 Å². The minimum Gasteiger partial charge on any atom is -0.488 e. The average molecular weight is 397 g/mol. The Balaban J connectivity index is 0.00000261. The fourth-order valence-electron chi connectivity index (χ4n) is 3.84. The molecule has 27 heavy (non-hydrogen) atoms. The second kappa shape index (κ2) is 10.9. The summed E-state index contributed by atoms with van der Waals surface area (Å²) in [7, 11) is 0. The first-order chi connectivity index (χ1) is 12.6. The van der Waals surface area contributed by atoms with Crippen LogP contribution in [0.3, 0.4) is 0 Å². The summed E-state index contributed by atoms with van der Waals surface area (Å²) in [4.78, 5) is 12.4. The molecule has 0 bridgehead atoms. The monoisotopic (exact) mass is 396 g/mol. The fourth-order valence-corrected chi connectivity index (χ4v) is 3.84. The molecular formula is C21H33ClN2O3. The second-order valence-electron chi connectivity index (χ2n) is 7.76. The van der Waals surface area contributed by atoms with Gasteiger partial charge in [0.2, 0.25) is 5.91 Å². The van der Waals surface area contributed by atoms with Crippen LogP contribution in [0.15, 0.2) is 18.2 Å². The quantitative estimate of drug-likeness (QED) is 0.742. The Morgan fingerprint density at radius 2 is 2.11 bits per heavy atom. The number of benzene rings is 1. The van der Waals surface area contributed by atoms with Crippen molar-refractivity contribution >= 4 is 18.3 Å². The third-order valence-corrected chi connectivity index (χ3v) is 5.58. The first-order valence-electron chi connectivity index (χ1n) is 9.93. The summed E-state index contributed by atoms with van der Waals surface area (Å²) < 4.78 is 11.5. The van der Waals surface area contributed by atoms with Gasteiger partial charge < -0.3 is 20.1 Å². The number of ether oxygens (including phenoxy) is 2. The Morgan fingerprint density at radius 1 is 1.33 bits per heavy atom. The van der Waals surface area contributed by atoms with Crippen LogP contribution in [0.4, 0.5) is 0 Å².